The molecule has 20 heavy (non-hydrogen) atoms. The summed E-state index contributed by atoms with van der Waals surface area (Å²) >= 11 is 0. The van der Waals surface area contributed by atoms with Crippen molar-refractivity contribution in [2.24, 2.45) is 0 Å². The van der Waals surface area contributed by atoms with Crippen LogP contribution in [-0.4, -0.2) is 37.1 Å². The number of anilines is 1. The third-order valence-electron chi connectivity index (χ3n) is 2.58. The molecule has 0 unspecified atom stereocenters. The Morgan fingerprint density at radius 1 is 1.35 bits per heavy atom. The number of aromatic amines is 1. The van der Waals surface area contributed by atoms with E-state index in [0.29, 0.717) is 30.2 Å². The minimum absolute atomic E-state index is 0.106. The Morgan fingerprint density at radius 2 is 2.15 bits per heavy atom. The van der Waals surface area contributed by atoms with Crippen molar-refractivity contribution in [3.8, 4) is 17.0 Å². The van der Waals surface area contributed by atoms with E-state index in [1.54, 1.807) is 31.4 Å². The number of H-pyrrole nitrogens is 1. The minimum atomic E-state index is -2.86. The highest BCUT2D eigenvalue weighted by atomic mass is 19.3. The summed E-state index contributed by atoms with van der Waals surface area (Å²) in [6.07, 6.45) is 0. The number of nitrogens with zero attached hydrogens (tertiary/aromatic N) is 1. The van der Waals surface area contributed by atoms with E-state index >= 15 is 0 Å². The Hall–Kier alpha value is -2.15. The molecule has 0 aliphatic carbocycles. The Morgan fingerprint density at radius 3 is 2.90 bits per heavy atom. The molecule has 2 N–H and O–H groups in total. The Bertz CT molecular complexity index is 546. The molecule has 0 fully saturated rings. The summed E-state index contributed by atoms with van der Waals surface area (Å²) in [5.41, 5.74) is 1.13. The van der Waals surface area contributed by atoms with Gasteiger partial charge in [0.05, 0.1) is 12.3 Å². The van der Waals surface area contributed by atoms with E-state index in [-0.39, 0.29) is 5.75 Å². The zero-order chi connectivity index (χ0) is 14.4. The molecule has 108 valence electrons. The van der Waals surface area contributed by atoms with Gasteiger partial charge in [0.15, 0.2) is 0 Å². The number of hydrogen-bond donors (Lipinski definition) is 2. The van der Waals surface area contributed by atoms with Crippen LogP contribution < -0.4 is 10.1 Å². The van der Waals surface area contributed by atoms with E-state index < -0.39 is 6.61 Å². The van der Waals surface area contributed by atoms with Gasteiger partial charge in [-0.2, -0.15) is 13.9 Å². The number of halogens is 2. The van der Waals surface area contributed by atoms with Crippen molar-refractivity contribution in [3.63, 3.8) is 0 Å². The van der Waals surface area contributed by atoms with Gasteiger partial charge in [-0.05, 0) is 12.1 Å². The molecular weight excluding hydrogens is 268 g/mol. The van der Waals surface area contributed by atoms with E-state index in [9.17, 15) is 8.78 Å². The molecule has 0 radical (unpaired) electrons. The lowest BCUT2D eigenvalue weighted by atomic mass is 10.1. The first-order chi connectivity index (χ1) is 9.70. The van der Waals surface area contributed by atoms with Crippen molar-refractivity contribution in [1.29, 1.82) is 0 Å². The van der Waals surface area contributed by atoms with E-state index in [4.69, 9.17) is 4.74 Å². The van der Waals surface area contributed by atoms with Crippen LogP contribution in [0.2, 0.25) is 0 Å². The number of ether oxygens (including phenoxy) is 2. The minimum Gasteiger partial charge on any atom is -0.434 e. The van der Waals surface area contributed by atoms with E-state index in [0.717, 1.165) is 0 Å². The van der Waals surface area contributed by atoms with Crippen molar-refractivity contribution in [3.05, 3.63) is 30.3 Å². The van der Waals surface area contributed by atoms with Gasteiger partial charge in [0, 0.05) is 25.3 Å². The summed E-state index contributed by atoms with van der Waals surface area (Å²) in [5, 5.41) is 9.87. The van der Waals surface area contributed by atoms with Gasteiger partial charge in [-0.25, -0.2) is 0 Å². The first kappa shape index (κ1) is 14.3. The second-order valence-electron chi connectivity index (χ2n) is 3.96. The summed E-state index contributed by atoms with van der Waals surface area (Å²) < 4.78 is 34.1. The average Bonchev–Trinajstić information content (AvgIpc) is 2.88. The molecule has 7 heteroatoms. The standard InChI is InChI=1S/C13H15F2N3O2/c1-19-7-6-16-12-8-10(17-18-12)9-4-2-3-5-11(9)20-13(14)15/h2-5,8,13H,6-7H2,1H3,(H2,16,17,18). The van der Waals surface area contributed by atoms with Gasteiger partial charge in [0.1, 0.15) is 11.6 Å². The maximum absolute atomic E-state index is 12.4. The molecule has 0 spiro atoms. The van der Waals surface area contributed by atoms with E-state index in [2.05, 4.69) is 20.3 Å². The van der Waals surface area contributed by atoms with Gasteiger partial charge in [0.25, 0.3) is 0 Å². The van der Waals surface area contributed by atoms with Gasteiger partial charge in [-0.15, -0.1) is 0 Å². The fourth-order valence-electron chi connectivity index (χ4n) is 1.72. The predicted molar refractivity (Wildman–Crippen MR) is 71.0 cm³/mol. The van der Waals surface area contributed by atoms with Gasteiger partial charge >= 0.3 is 6.61 Å². The predicted octanol–water partition coefficient (Wildman–Crippen LogP) is 2.74. The van der Waals surface area contributed by atoms with Crippen LogP contribution in [0.4, 0.5) is 14.6 Å². The van der Waals surface area contributed by atoms with E-state index in [1.165, 1.54) is 6.07 Å². The molecule has 2 rings (SSSR count). The van der Waals surface area contributed by atoms with Gasteiger partial charge in [0.2, 0.25) is 0 Å². The third-order valence-corrected chi connectivity index (χ3v) is 2.58. The van der Waals surface area contributed by atoms with Crippen molar-refractivity contribution in [2.45, 2.75) is 6.61 Å². The quantitative estimate of drug-likeness (QED) is 0.767. The van der Waals surface area contributed by atoms with Crippen LogP contribution in [0.3, 0.4) is 0 Å². The first-order valence-corrected chi connectivity index (χ1v) is 6.03. The third kappa shape index (κ3) is 3.67. The molecule has 0 atom stereocenters. The molecule has 1 aromatic carbocycles. The van der Waals surface area contributed by atoms with Gasteiger partial charge in [-0.1, -0.05) is 12.1 Å². The summed E-state index contributed by atoms with van der Waals surface area (Å²) in [5.74, 6) is 0.721. The highest BCUT2D eigenvalue weighted by Gasteiger charge is 2.12. The number of aromatic nitrogens is 2. The fraction of sp³-hybridized carbons (Fsp3) is 0.308. The van der Waals surface area contributed by atoms with Crippen molar-refractivity contribution in [1.82, 2.24) is 10.2 Å². The topological polar surface area (TPSA) is 59.2 Å². The molecule has 1 heterocycles. The molecule has 1 aromatic heterocycles. The molecule has 5 nitrogen and oxygen atoms in total. The molecule has 0 aliphatic rings. The Labute approximate surface area is 114 Å². The molecule has 2 aromatic rings. The molecule has 0 aliphatic heterocycles. The second-order valence-corrected chi connectivity index (χ2v) is 3.96. The number of alkyl halides is 2. The number of para-hydroxylation sites is 1. The van der Waals surface area contributed by atoms with Crippen LogP contribution in [-0.2, 0) is 4.74 Å². The second kappa shape index (κ2) is 6.85. The highest BCUT2D eigenvalue weighted by Crippen LogP contribution is 2.30. The first-order valence-electron chi connectivity index (χ1n) is 6.03. The number of rotatable bonds is 7. The number of methoxy groups -OCH3 is 1. The normalized spacial score (nSPS) is 10.8. The van der Waals surface area contributed by atoms with Crippen LogP contribution in [0.25, 0.3) is 11.3 Å². The van der Waals surface area contributed by atoms with Gasteiger partial charge in [-0.3, -0.25) is 5.10 Å². The largest absolute Gasteiger partial charge is 0.434 e. The van der Waals surface area contributed by atoms with Crippen LogP contribution >= 0.6 is 0 Å². The zero-order valence-corrected chi connectivity index (χ0v) is 10.9. The van der Waals surface area contributed by atoms with Crippen LogP contribution in [0.15, 0.2) is 30.3 Å². The summed E-state index contributed by atoms with van der Waals surface area (Å²) in [6.45, 7) is -1.71. The lowest BCUT2D eigenvalue weighted by Gasteiger charge is -2.08. The summed E-state index contributed by atoms with van der Waals surface area (Å²) in [6, 6.07) is 8.27. The van der Waals surface area contributed by atoms with Gasteiger partial charge < -0.3 is 14.8 Å². The molecule has 0 saturated carbocycles. The van der Waals surface area contributed by atoms with Crippen molar-refractivity contribution >= 4 is 5.82 Å². The Kier molecular flexibility index (Phi) is 4.89. The molecular formula is C13H15F2N3O2. The lowest BCUT2D eigenvalue weighted by Crippen LogP contribution is -2.07. The number of benzene rings is 1. The average molecular weight is 283 g/mol. The maximum Gasteiger partial charge on any atom is 0.387 e. The fourth-order valence-corrected chi connectivity index (χ4v) is 1.72. The summed E-state index contributed by atoms with van der Waals surface area (Å²) in [7, 11) is 1.61. The Balaban J connectivity index is 2.15. The van der Waals surface area contributed by atoms with Crippen LogP contribution in [0, 0.1) is 0 Å². The van der Waals surface area contributed by atoms with Crippen LogP contribution in [0.5, 0.6) is 5.75 Å². The van der Waals surface area contributed by atoms with Crippen LogP contribution in [0.1, 0.15) is 0 Å². The van der Waals surface area contributed by atoms with E-state index in [1.807, 2.05) is 0 Å². The van der Waals surface area contributed by atoms with Crippen molar-refractivity contribution in [2.75, 3.05) is 25.6 Å². The molecule has 0 saturated heterocycles. The summed E-state index contributed by atoms with van der Waals surface area (Å²) in [4.78, 5) is 0. The number of nitrogens with one attached hydrogen (secondary N) is 2. The lowest BCUT2D eigenvalue weighted by molar-refractivity contribution is -0.0494. The number of hydrogen-bond acceptors (Lipinski definition) is 4. The monoisotopic (exact) mass is 283 g/mol. The maximum atomic E-state index is 12.4. The highest BCUT2D eigenvalue weighted by molar-refractivity contribution is 5.69. The SMILES string of the molecule is COCCNc1cc(-c2ccccc2OC(F)F)[nH]n1. The van der Waals surface area contributed by atoms with Crippen molar-refractivity contribution < 1.29 is 18.3 Å². The zero-order valence-electron chi connectivity index (χ0n) is 10.9. The smallest absolute Gasteiger partial charge is 0.387 e. The molecule has 0 amide bonds. The molecule has 0 bridgehead atoms.